The second-order valence-electron chi connectivity index (χ2n) is 4.18. The van der Waals surface area contributed by atoms with Gasteiger partial charge >= 0.3 is 0 Å². The Morgan fingerprint density at radius 1 is 1.32 bits per heavy atom. The molecule has 1 aromatic carbocycles. The number of benzene rings is 1. The lowest BCUT2D eigenvalue weighted by Crippen LogP contribution is -2.27. The van der Waals surface area contributed by atoms with Crippen LogP contribution in [0.25, 0.3) is 11.0 Å². The zero-order valence-corrected chi connectivity index (χ0v) is 10.2. The van der Waals surface area contributed by atoms with Gasteiger partial charge in [0, 0.05) is 12.4 Å². The van der Waals surface area contributed by atoms with E-state index in [1.54, 1.807) is 23.1 Å². The van der Waals surface area contributed by atoms with Gasteiger partial charge in [-0.1, -0.05) is 12.1 Å². The summed E-state index contributed by atoms with van der Waals surface area (Å²) in [5.74, 6) is 0.652. The number of nitrogens with zero attached hydrogens (tertiary/aromatic N) is 3. The molecule has 0 fully saturated rings. The molecule has 0 unspecified atom stereocenters. The zero-order chi connectivity index (χ0) is 13.1. The Morgan fingerprint density at radius 3 is 3.00 bits per heavy atom. The summed E-state index contributed by atoms with van der Waals surface area (Å²) in [6, 6.07) is 9.55. The summed E-state index contributed by atoms with van der Waals surface area (Å²) in [6.45, 7) is 0.599. The first-order chi connectivity index (χ1) is 9.31. The summed E-state index contributed by atoms with van der Waals surface area (Å²) in [7, 11) is 0. The standard InChI is InChI=1S/C13H13N5O/c19-13(9-18-7-3-6-15-18)14-8-12-16-10-4-1-2-5-11(10)17-12/h1-7H,8-9H2,(H,14,19)(H,16,17). The molecular weight excluding hydrogens is 242 g/mol. The number of H-pyrrole nitrogens is 1. The number of imidazole rings is 1. The van der Waals surface area contributed by atoms with E-state index in [4.69, 9.17) is 0 Å². The van der Waals surface area contributed by atoms with Crippen LogP contribution < -0.4 is 5.32 Å². The first-order valence-electron chi connectivity index (χ1n) is 5.99. The maximum atomic E-state index is 11.7. The highest BCUT2D eigenvalue weighted by Crippen LogP contribution is 2.09. The fraction of sp³-hybridized carbons (Fsp3) is 0.154. The normalized spacial score (nSPS) is 10.7. The Labute approximate surface area is 109 Å². The first-order valence-corrected chi connectivity index (χ1v) is 5.99. The first kappa shape index (κ1) is 11.5. The van der Waals surface area contributed by atoms with Crippen LogP contribution in [0.5, 0.6) is 0 Å². The molecule has 19 heavy (non-hydrogen) atoms. The number of nitrogens with one attached hydrogen (secondary N) is 2. The average Bonchev–Trinajstić information content (AvgIpc) is 3.04. The molecule has 0 spiro atoms. The van der Waals surface area contributed by atoms with Crippen molar-refractivity contribution in [2.24, 2.45) is 0 Å². The fourth-order valence-electron chi connectivity index (χ4n) is 1.87. The van der Waals surface area contributed by atoms with Gasteiger partial charge in [-0.3, -0.25) is 9.48 Å². The van der Waals surface area contributed by atoms with E-state index < -0.39 is 0 Å². The predicted molar refractivity (Wildman–Crippen MR) is 70.2 cm³/mol. The molecule has 96 valence electrons. The lowest BCUT2D eigenvalue weighted by Gasteiger charge is -2.03. The minimum absolute atomic E-state index is 0.0934. The van der Waals surface area contributed by atoms with Crippen LogP contribution in [-0.2, 0) is 17.9 Å². The number of para-hydroxylation sites is 2. The van der Waals surface area contributed by atoms with Crippen LogP contribution in [0, 0.1) is 0 Å². The van der Waals surface area contributed by atoms with Crippen LogP contribution in [0.2, 0.25) is 0 Å². The molecule has 2 heterocycles. The monoisotopic (exact) mass is 255 g/mol. The maximum absolute atomic E-state index is 11.7. The number of fused-ring (bicyclic) bond motifs is 1. The molecule has 6 heteroatoms. The van der Waals surface area contributed by atoms with Gasteiger partial charge in [-0.15, -0.1) is 0 Å². The van der Waals surface area contributed by atoms with Gasteiger partial charge in [-0.25, -0.2) is 4.98 Å². The minimum atomic E-state index is -0.0934. The molecule has 0 saturated carbocycles. The summed E-state index contributed by atoms with van der Waals surface area (Å²) in [5, 5.41) is 6.78. The van der Waals surface area contributed by atoms with Gasteiger partial charge in [0.25, 0.3) is 0 Å². The van der Waals surface area contributed by atoms with E-state index in [9.17, 15) is 4.79 Å². The third-order valence-electron chi connectivity index (χ3n) is 2.76. The Kier molecular flexibility index (Phi) is 2.97. The number of carbonyl (C=O) groups excluding carboxylic acids is 1. The maximum Gasteiger partial charge on any atom is 0.242 e. The quantitative estimate of drug-likeness (QED) is 0.732. The van der Waals surface area contributed by atoms with Crippen LogP contribution in [0.3, 0.4) is 0 Å². The van der Waals surface area contributed by atoms with E-state index in [0.29, 0.717) is 6.54 Å². The molecule has 0 saturated heterocycles. The van der Waals surface area contributed by atoms with E-state index in [1.165, 1.54) is 0 Å². The van der Waals surface area contributed by atoms with Gasteiger partial charge in [-0.2, -0.15) is 5.10 Å². The number of rotatable bonds is 4. The van der Waals surface area contributed by atoms with E-state index in [0.717, 1.165) is 16.9 Å². The largest absolute Gasteiger partial charge is 0.347 e. The van der Waals surface area contributed by atoms with Crippen molar-refractivity contribution in [1.82, 2.24) is 25.1 Å². The number of hydrogen-bond donors (Lipinski definition) is 2. The van der Waals surface area contributed by atoms with Gasteiger partial charge < -0.3 is 10.3 Å². The van der Waals surface area contributed by atoms with Crippen molar-refractivity contribution in [3.8, 4) is 0 Å². The summed E-state index contributed by atoms with van der Waals surface area (Å²) < 4.78 is 1.58. The molecule has 0 aliphatic heterocycles. The summed E-state index contributed by atoms with van der Waals surface area (Å²) in [4.78, 5) is 19.2. The summed E-state index contributed by atoms with van der Waals surface area (Å²) in [5.41, 5.74) is 1.87. The van der Waals surface area contributed by atoms with Crippen molar-refractivity contribution in [2.45, 2.75) is 13.1 Å². The van der Waals surface area contributed by atoms with Crippen LogP contribution in [0.4, 0.5) is 0 Å². The molecule has 6 nitrogen and oxygen atoms in total. The average molecular weight is 255 g/mol. The third-order valence-corrected chi connectivity index (χ3v) is 2.76. The van der Waals surface area contributed by atoms with Crippen LogP contribution in [0.1, 0.15) is 5.82 Å². The van der Waals surface area contributed by atoms with Crippen LogP contribution >= 0.6 is 0 Å². The Balaban J connectivity index is 1.61. The Hall–Kier alpha value is -2.63. The molecule has 2 N–H and O–H groups in total. The van der Waals surface area contributed by atoms with Crippen molar-refractivity contribution >= 4 is 16.9 Å². The van der Waals surface area contributed by atoms with Gasteiger partial charge in [0.15, 0.2) is 0 Å². The lowest BCUT2D eigenvalue weighted by molar-refractivity contribution is -0.122. The topological polar surface area (TPSA) is 75.6 Å². The second kappa shape index (κ2) is 4.93. The van der Waals surface area contributed by atoms with Crippen LogP contribution in [-0.4, -0.2) is 25.7 Å². The van der Waals surface area contributed by atoms with Crippen molar-refractivity contribution in [3.63, 3.8) is 0 Å². The van der Waals surface area contributed by atoms with Crippen molar-refractivity contribution in [1.29, 1.82) is 0 Å². The van der Waals surface area contributed by atoms with E-state index in [1.807, 2.05) is 24.3 Å². The molecule has 0 atom stereocenters. The molecule has 3 rings (SSSR count). The predicted octanol–water partition coefficient (Wildman–Crippen LogP) is 1.08. The molecule has 0 bridgehead atoms. The zero-order valence-electron chi connectivity index (χ0n) is 10.2. The lowest BCUT2D eigenvalue weighted by atomic mass is 10.3. The minimum Gasteiger partial charge on any atom is -0.347 e. The van der Waals surface area contributed by atoms with Gasteiger partial charge in [0.2, 0.25) is 5.91 Å². The third kappa shape index (κ3) is 2.62. The molecule has 0 aliphatic carbocycles. The molecule has 3 aromatic rings. The van der Waals surface area contributed by atoms with Crippen molar-refractivity contribution in [2.75, 3.05) is 0 Å². The molecule has 2 aromatic heterocycles. The van der Waals surface area contributed by atoms with Gasteiger partial charge in [-0.05, 0) is 18.2 Å². The molecule has 0 aliphatic rings. The summed E-state index contributed by atoms with van der Waals surface area (Å²) in [6.07, 6.45) is 3.40. The fourth-order valence-corrected chi connectivity index (χ4v) is 1.87. The number of aromatic nitrogens is 4. The highest BCUT2D eigenvalue weighted by Gasteiger charge is 2.05. The number of amides is 1. The number of aromatic amines is 1. The highest BCUT2D eigenvalue weighted by atomic mass is 16.2. The highest BCUT2D eigenvalue weighted by molar-refractivity contribution is 5.76. The van der Waals surface area contributed by atoms with E-state index in [2.05, 4.69) is 20.4 Å². The SMILES string of the molecule is O=C(Cn1cccn1)NCc1nc2ccccc2[nH]1. The number of hydrogen-bond acceptors (Lipinski definition) is 3. The Bertz CT molecular complexity index is 653. The molecular formula is C13H13N5O. The Morgan fingerprint density at radius 2 is 2.21 bits per heavy atom. The van der Waals surface area contributed by atoms with Gasteiger partial charge in [0.1, 0.15) is 12.4 Å². The second-order valence-corrected chi connectivity index (χ2v) is 4.18. The van der Waals surface area contributed by atoms with Crippen molar-refractivity contribution < 1.29 is 4.79 Å². The van der Waals surface area contributed by atoms with Crippen LogP contribution in [0.15, 0.2) is 42.7 Å². The number of carbonyl (C=O) groups is 1. The van der Waals surface area contributed by atoms with Crippen molar-refractivity contribution in [3.05, 3.63) is 48.5 Å². The smallest absolute Gasteiger partial charge is 0.242 e. The van der Waals surface area contributed by atoms with E-state index in [-0.39, 0.29) is 12.5 Å². The molecule has 1 amide bonds. The summed E-state index contributed by atoms with van der Waals surface area (Å²) >= 11 is 0. The van der Waals surface area contributed by atoms with Gasteiger partial charge in [0.05, 0.1) is 17.6 Å². The van der Waals surface area contributed by atoms with E-state index >= 15 is 0 Å². The molecule has 0 radical (unpaired) electrons.